The second-order valence-corrected chi connectivity index (χ2v) is 4.73. The molecule has 0 aliphatic carbocycles. The maximum atomic E-state index is 5.74. The lowest BCUT2D eigenvalue weighted by molar-refractivity contribution is 0.790. The van der Waals surface area contributed by atoms with Gasteiger partial charge < -0.3 is 10.6 Å². The Bertz CT molecular complexity index is 495. The van der Waals surface area contributed by atoms with Crippen molar-refractivity contribution in [1.29, 1.82) is 0 Å². The summed E-state index contributed by atoms with van der Waals surface area (Å²) in [7, 11) is 0. The van der Waals surface area contributed by atoms with Crippen LogP contribution in [0.4, 0.5) is 11.8 Å². The summed E-state index contributed by atoms with van der Waals surface area (Å²) in [5, 5.41) is 0. The smallest absolute Gasteiger partial charge is 0.228 e. The number of nitrogens with zero attached hydrogens (tertiary/aromatic N) is 3. The molecule has 2 N–H and O–H groups in total. The van der Waals surface area contributed by atoms with E-state index in [1.165, 1.54) is 5.56 Å². The molecule has 0 radical (unpaired) electrons. The zero-order valence-corrected chi connectivity index (χ0v) is 11.8. The lowest BCUT2D eigenvalue weighted by Gasteiger charge is -2.21. The van der Waals surface area contributed by atoms with Crippen LogP contribution in [-0.4, -0.2) is 16.5 Å². The van der Waals surface area contributed by atoms with Gasteiger partial charge in [0, 0.05) is 19.2 Å². The van der Waals surface area contributed by atoms with Gasteiger partial charge in [-0.2, -0.15) is 4.98 Å². The lowest BCUT2D eigenvalue weighted by Crippen LogP contribution is -2.24. The van der Waals surface area contributed by atoms with E-state index >= 15 is 0 Å². The number of halogens is 1. The molecule has 0 aliphatic heterocycles. The fourth-order valence-corrected chi connectivity index (χ4v) is 2.08. The van der Waals surface area contributed by atoms with E-state index in [0.717, 1.165) is 13.1 Å². The minimum atomic E-state index is 0.471. The molecule has 0 amide bonds. The largest absolute Gasteiger partial charge is 0.383 e. The molecule has 1 aromatic carbocycles. The SMILES string of the molecule is CCN(Cc1ccccc1)c1nc(N)cc(Br)n1. The highest BCUT2D eigenvalue weighted by Gasteiger charge is 2.09. The second-order valence-electron chi connectivity index (χ2n) is 3.92. The van der Waals surface area contributed by atoms with Gasteiger partial charge in [0.1, 0.15) is 10.4 Å². The van der Waals surface area contributed by atoms with Crippen LogP contribution in [0.2, 0.25) is 0 Å². The van der Waals surface area contributed by atoms with Crippen LogP contribution in [0.25, 0.3) is 0 Å². The molecule has 1 aromatic heterocycles. The molecule has 0 bridgehead atoms. The molecule has 2 aromatic rings. The third kappa shape index (κ3) is 3.20. The highest BCUT2D eigenvalue weighted by Crippen LogP contribution is 2.17. The van der Waals surface area contributed by atoms with E-state index in [9.17, 15) is 0 Å². The second kappa shape index (κ2) is 5.82. The van der Waals surface area contributed by atoms with Gasteiger partial charge in [-0.3, -0.25) is 0 Å². The molecule has 0 aliphatic rings. The molecule has 94 valence electrons. The summed E-state index contributed by atoms with van der Waals surface area (Å²) < 4.78 is 0.705. The molecule has 2 rings (SSSR count). The van der Waals surface area contributed by atoms with Crippen molar-refractivity contribution in [3.8, 4) is 0 Å². The van der Waals surface area contributed by atoms with Gasteiger partial charge in [0.15, 0.2) is 0 Å². The summed E-state index contributed by atoms with van der Waals surface area (Å²) >= 11 is 3.34. The Morgan fingerprint density at radius 3 is 2.56 bits per heavy atom. The van der Waals surface area contributed by atoms with Crippen molar-refractivity contribution in [2.45, 2.75) is 13.5 Å². The van der Waals surface area contributed by atoms with Crippen LogP contribution in [0.5, 0.6) is 0 Å². The lowest BCUT2D eigenvalue weighted by atomic mass is 10.2. The normalized spacial score (nSPS) is 10.3. The van der Waals surface area contributed by atoms with E-state index in [-0.39, 0.29) is 0 Å². The van der Waals surface area contributed by atoms with E-state index in [1.807, 2.05) is 18.2 Å². The van der Waals surface area contributed by atoms with Gasteiger partial charge in [-0.05, 0) is 28.4 Å². The van der Waals surface area contributed by atoms with Gasteiger partial charge in [0.05, 0.1) is 0 Å². The van der Waals surface area contributed by atoms with Crippen LogP contribution >= 0.6 is 15.9 Å². The molecule has 18 heavy (non-hydrogen) atoms. The summed E-state index contributed by atoms with van der Waals surface area (Å²) in [5.74, 6) is 1.12. The van der Waals surface area contributed by atoms with Crippen molar-refractivity contribution < 1.29 is 0 Å². The predicted molar refractivity (Wildman–Crippen MR) is 77.3 cm³/mol. The summed E-state index contributed by atoms with van der Waals surface area (Å²) in [6.45, 7) is 3.67. The molecule has 0 saturated carbocycles. The topological polar surface area (TPSA) is 55.0 Å². The van der Waals surface area contributed by atoms with Crippen molar-refractivity contribution in [2.75, 3.05) is 17.2 Å². The van der Waals surface area contributed by atoms with Gasteiger partial charge >= 0.3 is 0 Å². The Labute approximate surface area is 115 Å². The Kier molecular flexibility index (Phi) is 4.15. The first-order chi connectivity index (χ1) is 8.69. The fraction of sp³-hybridized carbons (Fsp3) is 0.231. The van der Waals surface area contributed by atoms with Gasteiger partial charge in [-0.25, -0.2) is 4.98 Å². The molecule has 0 fully saturated rings. The molecule has 4 nitrogen and oxygen atoms in total. The average molecular weight is 307 g/mol. The van der Waals surface area contributed by atoms with Crippen LogP contribution in [-0.2, 0) is 6.54 Å². The Hall–Kier alpha value is -1.62. The summed E-state index contributed by atoms with van der Waals surface area (Å²) in [5.41, 5.74) is 6.96. The third-order valence-electron chi connectivity index (χ3n) is 2.58. The molecule has 0 saturated heterocycles. The molecule has 5 heteroatoms. The number of anilines is 2. The first kappa shape index (κ1) is 12.8. The van der Waals surface area contributed by atoms with Crippen LogP contribution in [0, 0.1) is 0 Å². The van der Waals surface area contributed by atoms with E-state index in [0.29, 0.717) is 16.4 Å². The third-order valence-corrected chi connectivity index (χ3v) is 2.99. The van der Waals surface area contributed by atoms with E-state index in [1.54, 1.807) is 6.07 Å². The van der Waals surface area contributed by atoms with Crippen LogP contribution in [0.15, 0.2) is 41.0 Å². The number of hydrogen-bond acceptors (Lipinski definition) is 4. The zero-order valence-electron chi connectivity index (χ0n) is 10.2. The first-order valence-corrected chi connectivity index (χ1v) is 6.57. The molecule has 1 heterocycles. The van der Waals surface area contributed by atoms with Crippen LogP contribution in [0.3, 0.4) is 0 Å². The molecular formula is C13H15BrN4. The number of nitrogen functional groups attached to an aromatic ring is 1. The minimum Gasteiger partial charge on any atom is -0.383 e. The van der Waals surface area contributed by atoms with Crippen molar-refractivity contribution in [3.63, 3.8) is 0 Å². The number of hydrogen-bond donors (Lipinski definition) is 1. The van der Waals surface area contributed by atoms with Crippen molar-refractivity contribution in [3.05, 3.63) is 46.6 Å². The zero-order chi connectivity index (χ0) is 13.0. The number of aromatic nitrogens is 2. The fourth-order valence-electron chi connectivity index (χ4n) is 1.69. The van der Waals surface area contributed by atoms with E-state index in [4.69, 9.17) is 5.73 Å². The Morgan fingerprint density at radius 1 is 1.22 bits per heavy atom. The van der Waals surface area contributed by atoms with Gasteiger partial charge in [0.25, 0.3) is 0 Å². The summed E-state index contributed by atoms with van der Waals surface area (Å²) in [6.07, 6.45) is 0. The summed E-state index contributed by atoms with van der Waals surface area (Å²) in [6, 6.07) is 11.9. The number of benzene rings is 1. The van der Waals surface area contributed by atoms with Crippen molar-refractivity contribution >= 4 is 27.7 Å². The number of nitrogens with two attached hydrogens (primary N) is 1. The van der Waals surface area contributed by atoms with E-state index in [2.05, 4.69) is 49.9 Å². The van der Waals surface area contributed by atoms with Crippen LogP contribution < -0.4 is 10.6 Å². The maximum absolute atomic E-state index is 5.74. The highest BCUT2D eigenvalue weighted by atomic mass is 79.9. The molecule has 0 spiro atoms. The van der Waals surface area contributed by atoms with E-state index < -0.39 is 0 Å². The summed E-state index contributed by atoms with van der Waals surface area (Å²) in [4.78, 5) is 10.7. The van der Waals surface area contributed by atoms with Crippen molar-refractivity contribution in [1.82, 2.24) is 9.97 Å². The first-order valence-electron chi connectivity index (χ1n) is 5.78. The quantitative estimate of drug-likeness (QED) is 0.883. The van der Waals surface area contributed by atoms with Crippen LogP contribution in [0.1, 0.15) is 12.5 Å². The predicted octanol–water partition coefficient (Wildman–Crippen LogP) is 2.85. The van der Waals surface area contributed by atoms with Gasteiger partial charge in [0.2, 0.25) is 5.95 Å². The maximum Gasteiger partial charge on any atom is 0.228 e. The Balaban J connectivity index is 2.23. The molecule has 0 atom stereocenters. The standard InChI is InChI=1S/C13H15BrN4/c1-2-18(9-10-6-4-3-5-7-10)13-16-11(14)8-12(15)17-13/h3-8H,2,9H2,1H3,(H2,15,16,17). The van der Waals surface area contributed by atoms with Gasteiger partial charge in [-0.15, -0.1) is 0 Å². The van der Waals surface area contributed by atoms with Gasteiger partial charge in [-0.1, -0.05) is 30.3 Å². The molecular weight excluding hydrogens is 292 g/mol. The average Bonchev–Trinajstić information content (AvgIpc) is 2.36. The molecule has 0 unspecified atom stereocenters. The highest BCUT2D eigenvalue weighted by molar-refractivity contribution is 9.10. The van der Waals surface area contributed by atoms with Crippen molar-refractivity contribution in [2.24, 2.45) is 0 Å². The Morgan fingerprint density at radius 2 is 1.94 bits per heavy atom. The number of rotatable bonds is 4. The minimum absolute atomic E-state index is 0.471. The monoisotopic (exact) mass is 306 g/mol.